The molecule has 0 aliphatic heterocycles. The van der Waals surface area contributed by atoms with Crippen LogP contribution in [0.25, 0.3) is 0 Å². The zero-order valence-electron chi connectivity index (χ0n) is 12.2. The van der Waals surface area contributed by atoms with Crippen LogP contribution < -0.4 is 5.56 Å². The fourth-order valence-electron chi connectivity index (χ4n) is 3.78. The molecule has 1 aromatic carbocycles. The van der Waals surface area contributed by atoms with Crippen LogP contribution in [0.3, 0.4) is 0 Å². The number of nitrogens with one attached hydrogen (secondary N) is 1. The van der Waals surface area contributed by atoms with Gasteiger partial charge in [0.1, 0.15) is 5.82 Å². The third-order valence-corrected chi connectivity index (χ3v) is 5.18. The van der Waals surface area contributed by atoms with Crippen molar-refractivity contribution in [3.8, 4) is 0 Å². The summed E-state index contributed by atoms with van der Waals surface area (Å²) in [7, 11) is 0. The van der Waals surface area contributed by atoms with Gasteiger partial charge in [0, 0.05) is 5.56 Å². The summed E-state index contributed by atoms with van der Waals surface area (Å²) in [6.45, 7) is 0. The monoisotopic (exact) mass is 280 g/mol. The van der Waals surface area contributed by atoms with E-state index in [0.717, 1.165) is 55.6 Å². The molecule has 0 atom stereocenters. The molecule has 1 N–H and O–H groups in total. The molecule has 108 valence electrons. The third-order valence-electron chi connectivity index (χ3n) is 5.18. The van der Waals surface area contributed by atoms with Crippen LogP contribution in [0.2, 0.25) is 0 Å². The number of fused-ring (bicyclic) bond motifs is 1. The first-order chi connectivity index (χ1) is 10.3. The lowest BCUT2D eigenvalue weighted by atomic mass is 9.63. The topological polar surface area (TPSA) is 45.8 Å². The van der Waals surface area contributed by atoms with Gasteiger partial charge in [-0.15, -0.1) is 0 Å². The van der Waals surface area contributed by atoms with E-state index in [1.807, 2.05) is 6.07 Å². The second-order valence-electron chi connectivity index (χ2n) is 6.35. The molecule has 2 aliphatic carbocycles. The molecule has 0 saturated heterocycles. The number of hydrogen-bond donors (Lipinski definition) is 1. The minimum absolute atomic E-state index is 0.0626. The Labute approximate surface area is 124 Å². The van der Waals surface area contributed by atoms with E-state index in [9.17, 15) is 4.79 Å². The Morgan fingerprint density at radius 1 is 1.00 bits per heavy atom. The van der Waals surface area contributed by atoms with Gasteiger partial charge < -0.3 is 4.98 Å². The Morgan fingerprint density at radius 2 is 1.76 bits per heavy atom. The molecule has 0 unspecified atom stereocenters. The normalized spacial score (nSPS) is 19.6. The summed E-state index contributed by atoms with van der Waals surface area (Å²) in [6.07, 6.45) is 7.47. The molecule has 1 heterocycles. The van der Waals surface area contributed by atoms with Gasteiger partial charge in [-0.25, -0.2) is 4.98 Å². The van der Waals surface area contributed by atoms with Gasteiger partial charge in [0.05, 0.1) is 11.1 Å². The molecule has 0 amide bonds. The summed E-state index contributed by atoms with van der Waals surface area (Å²) < 4.78 is 0. The van der Waals surface area contributed by atoms with Crippen LogP contribution in [-0.4, -0.2) is 9.97 Å². The molecule has 21 heavy (non-hydrogen) atoms. The van der Waals surface area contributed by atoms with E-state index in [2.05, 4.69) is 29.2 Å². The number of nitrogens with zero attached hydrogens (tertiary/aromatic N) is 1. The highest BCUT2D eigenvalue weighted by Crippen LogP contribution is 2.47. The molecule has 0 bridgehead atoms. The van der Waals surface area contributed by atoms with E-state index in [-0.39, 0.29) is 11.0 Å². The van der Waals surface area contributed by atoms with Crippen molar-refractivity contribution in [2.45, 2.75) is 50.4 Å². The summed E-state index contributed by atoms with van der Waals surface area (Å²) in [5, 5.41) is 0. The summed E-state index contributed by atoms with van der Waals surface area (Å²) in [5.74, 6) is 0.894. The molecular formula is C18H20N2O. The van der Waals surface area contributed by atoms with Crippen LogP contribution in [0, 0.1) is 0 Å². The van der Waals surface area contributed by atoms with E-state index in [0.29, 0.717) is 0 Å². The van der Waals surface area contributed by atoms with Crippen LogP contribution in [0.4, 0.5) is 0 Å². The van der Waals surface area contributed by atoms with Crippen molar-refractivity contribution in [1.82, 2.24) is 9.97 Å². The second-order valence-corrected chi connectivity index (χ2v) is 6.35. The predicted octanol–water partition coefficient (Wildman–Crippen LogP) is 3.12. The van der Waals surface area contributed by atoms with Crippen LogP contribution in [-0.2, 0) is 18.3 Å². The largest absolute Gasteiger partial charge is 0.310 e. The van der Waals surface area contributed by atoms with E-state index in [1.54, 1.807) is 0 Å². The van der Waals surface area contributed by atoms with Gasteiger partial charge >= 0.3 is 0 Å². The van der Waals surface area contributed by atoms with Crippen LogP contribution in [0.15, 0.2) is 35.1 Å². The predicted molar refractivity (Wildman–Crippen MR) is 82.6 cm³/mol. The number of aryl methyl sites for hydroxylation is 1. The molecule has 1 saturated carbocycles. The van der Waals surface area contributed by atoms with Crippen molar-refractivity contribution in [2.24, 2.45) is 0 Å². The molecule has 0 spiro atoms. The first-order valence-electron chi connectivity index (χ1n) is 7.98. The first-order valence-corrected chi connectivity index (χ1v) is 7.98. The van der Waals surface area contributed by atoms with Gasteiger partial charge in [-0.05, 0) is 44.1 Å². The molecule has 4 rings (SSSR count). The lowest BCUT2D eigenvalue weighted by Crippen LogP contribution is -2.40. The van der Waals surface area contributed by atoms with Gasteiger partial charge in [0.25, 0.3) is 5.56 Å². The number of benzene rings is 1. The molecule has 3 heteroatoms. The Morgan fingerprint density at radius 3 is 2.48 bits per heavy atom. The van der Waals surface area contributed by atoms with Gasteiger partial charge in [0.15, 0.2) is 0 Å². The smallest absolute Gasteiger partial charge is 0.254 e. The highest BCUT2D eigenvalue weighted by atomic mass is 16.1. The zero-order chi connectivity index (χ0) is 14.3. The van der Waals surface area contributed by atoms with Gasteiger partial charge in [-0.3, -0.25) is 4.79 Å². The van der Waals surface area contributed by atoms with E-state index in [1.165, 1.54) is 12.0 Å². The van der Waals surface area contributed by atoms with Crippen LogP contribution >= 0.6 is 0 Å². The lowest BCUT2D eigenvalue weighted by Gasteiger charge is -2.41. The Balaban J connectivity index is 1.85. The van der Waals surface area contributed by atoms with Crippen molar-refractivity contribution >= 4 is 0 Å². The molecule has 2 aliphatic rings. The zero-order valence-corrected chi connectivity index (χ0v) is 12.2. The van der Waals surface area contributed by atoms with Crippen molar-refractivity contribution in [3.05, 3.63) is 63.3 Å². The fraction of sp³-hybridized carbons (Fsp3) is 0.444. The average Bonchev–Trinajstić information content (AvgIpc) is 2.47. The molecular weight excluding hydrogens is 260 g/mol. The number of H-pyrrole nitrogens is 1. The maximum Gasteiger partial charge on any atom is 0.254 e. The van der Waals surface area contributed by atoms with E-state index >= 15 is 0 Å². The number of aromatic nitrogens is 2. The number of hydrogen-bond acceptors (Lipinski definition) is 2. The van der Waals surface area contributed by atoms with Gasteiger partial charge in [0.2, 0.25) is 0 Å². The summed E-state index contributed by atoms with van der Waals surface area (Å²) in [4.78, 5) is 20.4. The van der Waals surface area contributed by atoms with Crippen molar-refractivity contribution in [3.63, 3.8) is 0 Å². The molecule has 0 radical (unpaired) electrons. The van der Waals surface area contributed by atoms with Crippen molar-refractivity contribution in [1.29, 1.82) is 0 Å². The summed E-state index contributed by atoms with van der Waals surface area (Å²) in [5.41, 5.74) is 3.29. The van der Waals surface area contributed by atoms with Crippen LogP contribution in [0.5, 0.6) is 0 Å². The second kappa shape index (κ2) is 4.83. The van der Waals surface area contributed by atoms with Gasteiger partial charge in [-0.2, -0.15) is 0 Å². The fourth-order valence-corrected chi connectivity index (χ4v) is 3.78. The number of rotatable bonds is 2. The van der Waals surface area contributed by atoms with Gasteiger partial charge in [-0.1, -0.05) is 36.8 Å². The van der Waals surface area contributed by atoms with E-state index in [4.69, 9.17) is 4.98 Å². The maximum atomic E-state index is 12.4. The molecule has 3 nitrogen and oxygen atoms in total. The lowest BCUT2D eigenvalue weighted by molar-refractivity contribution is 0.283. The standard InChI is InChI=1S/C18H20N2O/c21-16-14-9-4-5-10-15(14)19-17(20-16)18(11-6-12-18)13-7-2-1-3-8-13/h1-3,7-8H,4-6,9-12H2,(H,19,20,21). The maximum absolute atomic E-state index is 12.4. The molecule has 1 fully saturated rings. The number of aromatic amines is 1. The minimum Gasteiger partial charge on any atom is -0.310 e. The summed E-state index contributed by atoms with van der Waals surface area (Å²) in [6, 6.07) is 10.5. The van der Waals surface area contributed by atoms with Crippen molar-refractivity contribution in [2.75, 3.05) is 0 Å². The third kappa shape index (κ3) is 1.95. The van der Waals surface area contributed by atoms with E-state index < -0.39 is 0 Å². The Kier molecular flexibility index (Phi) is 2.95. The summed E-state index contributed by atoms with van der Waals surface area (Å²) >= 11 is 0. The average molecular weight is 280 g/mol. The molecule has 2 aromatic rings. The first kappa shape index (κ1) is 12.8. The quantitative estimate of drug-likeness (QED) is 0.918. The molecule has 1 aromatic heterocycles. The van der Waals surface area contributed by atoms with Crippen molar-refractivity contribution < 1.29 is 0 Å². The Hall–Kier alpha value is -1.90. The Bertz CT molecular complexity index is 714. The minimum atomic E-state index is -0.0626. The van der Waals surface area contributed by atoms with Crippen LogP contribution in [0.1, 0.15) is 54.7 Å². The SMILES string of the molecule is O=c1[nH]c(C2(c3ccccc3)CCC2)nc2c1CCCC2. The highest BCUT2D eigenvalue weighted by Gasteiger charge is 2.43. The highest BCUT2D eigenvalue weighted by molar-refractivity contribution is 5.37.